The van der Waals surface area contributed by atoms with E-state index in [0.29, 0.717) is 5.92 Å². The number of carbonyl (C=O) groups excluding carboxylic acids is 1. The third-order valence-corrected chi connectivity index (χ3v) is 2.76. The van der Waals surface area contributed by atoms with Crippen LogP contribution in [0.3, 0.4) is 0 Å². The molecule has 0 aliphatic heterocycles. The SMILES string of the molecule is CC(=O)NCCCN(C)CC(O)C1CC1. The zero-order chi connectivity index (χ0) is 11.3. The van der Waals surface area contributed by atoms with Crippen molar-refractivity contribution in [3.8, 4) is 0 Å². The maximum Gasteiger partial charge on any atom is 0.216 e. The molecular weight excluding hydrogens is 192 g/mol. The topological polar surface area (TPSA) is 52.6 Å². The highest BCUT2D eigenvalue weighted by Crippen LogP contribution is 2.32. The lowest BCUT2D eigenvalue weighted by Crippen LogP contribution is -2.33. The Labute approximate surface area is 91.6 Å². The van der Waals surface area contributed by atoms with Crippen molar-refractivity contribution in [2.24, 2.45) is 5.92 Å². The Kier molecular flexibility index (Phi) is 5.05. The monoisotopic (exact) mass is 214 g/mol. The molecule has 1 unspecified atom stereocenters. The van der Waals surface area contributed by atoms with Crippen LogP contribution < -0.4 is 5.32 Å². The molecule has 1 amide bonds. The first-order valence-electron chi connectivity index (χ1n) is 5.70. The standard InChI is InChI=1S/C11H22N2O2/c1-9(14)12-6-3-7-13(2)8-11(15)10-4-5-10/h10-11,15H,3-8H2,1-2H3,(H,12,14). The third-order valence-electron chi connectivity index (χ3n) is 2.76. The summed E-state index contributed by atoms with van der Waals surface area (Å²) in [4.78, 5) is 12.7. The van der Waals surface area contributed by atoms with Gasteiger partial charge in [-0.1, -0.05) is 0 Å². The lowest BCUT2D eigenvalue weighted by Gasteiger charge is -2.20. The van der Waals surface area contributed by atoms with Crippen molar-refractivity contribution in [2.45, 2.75) is 32.3 Å². The zero-order valence-electron chi connectivity index (χ0n) is 9.70. The lowest BCUT2D eigenvalue weighted by molar-refractivity contribution is -0.118. The van der Waals surface area contributed by atoms with E-state index in [2.05, 4.69) is 10.2 Å². The van der Waals surface area contributed by atoms with Gasteiger partial charge in [-0.15, -0.1) is 0 Å². The molecule has 0 saturated heterocycles. The molecule has 0 radical (unpaired) electrons. The van der Waals surface area contributed by atoms with E-state index in [4.69, 9.17) is 0 Å². The van der Waals surface area contributed by atoms with Gasteiger partial charge < -0.3 is 15.3 Å². The number of aliphatic hydroxyl groups excluding tert-OH is 1. The second-order valence-corrected chi connectivity index (χ2v) is 4.50. The Bertz CT molecular complexity index is 205. The van der Waals surface area contributed by atoms with Crippen LogP contribution in [-0.4, -0.2) is 48.7 Å². The Balaban J connectivity index is 1.97. The number of nitrogens with one attached hydrogen (secondary N) is 1. The average Bonchev–Trinajstić information content (AvgIpc) is 2.94. The van der Waals surface area contributed by atoms with E-state index in [0.717, 1.165) is 26.1 Å². The molecule has 0 aromatic rings. The van der Waals surface area contributed by atoms with Crippen LogP contribution in [0, 0.1) is 5.92 Å². The number of likely N-dealkylation sites (N-methyl/N-ethyl adjacent to an activating group) is 1. The van der Waals surface area contributed by atoms with E-state index < -0.39 is 0 Å². The molecule has 1 atom stereocenters. The quantitative estimate of drug-likeness (QED) is 0.596. The summed E-state index contributed by atoms with van der Waals surface area (Å²) < 4.78 is 0. The molecule has 0 spiro atoms. The molecule has 1 rings (SSSR count). The van der Waals surface area contributed by atoms with Crippen LogP contribution in [0.25, 0.3) is 0 Å². The highest BCUT2D eigenvalue weighted by molar-refractivity contribution is 5.72. The van der Waals surface area contributed by atoms with Crippen LogP contribution in [0.4, 0.5) is 0 Å². The summed E-state index contributed by atoms with van der Waals surface area (Å²) in [5.41, 5.74) is 0. The summed E-state index contributed by atoms with van der Waals surface area (Å²) >= 11 is 0. The van der Waals surface area contributed by atoms with Gasteiger partial charge in [-0.05, 0) is 38.8 Å². The fraction of sp³-hybridized carbons (Fsp3) is 0.909. The summed E-state index contributed by atoms with van der Waals surface area (Å²) in [5, 5.41) is 12.5. The number of nitrogens with zero attached hydrogens (tertiary/aromatic N) is 1. The summed E-state index contributed by atoms with van der Waals surface area (Å²) in [6.07, 6.45) is 3.14. The van der Waals surface area contributed by atoms with Crippen molar-refractivity contribution >= 4 is 5.91 Å². The minimum Gasteiger partial charge on any atom is -0.392 e. The zero-order valence-corrected chi connectivity index (χ0v) is 9.70. The summed E-state index contributed by atoms with van der Waals surface area (Å²) in [7, 11) is 2.01. The maximum atomic E-state index is 10.6. The molecule has 1 fully saturated rings. The molecule has 0 bridgehead atoms. The molecule has 0 heterocycles. The third kappa shape index (κ3) is 5.74. The number of amides is 1. The second-order valence-electron chi connectivity index (χ2n) is 4.50. The van der Waals surface area contributed by atoms with Gasteiger partial charge in [-0.2, -0.15) is 0 Å². The number of rotatable bonds is 7. The molecule has 0 aromatic heterocycles. The molecule has 2 N–H and O–H groups in total. The average molecular weight is 214 g/mol. The van der Waals surface area contributed by atoms with Gasteiger partial charge >= 0.3 is 0 Å². The second kappa shape index (κ2) is 6.08. The van der Waals surface area contributed by atoms with Crippen molar-refractivity contribution in [2.75, 3.05) is 26.7 Å². The molecule has 1 aliphatic carbocycles. The Morgan fingerprint density at radius 2 is 2.27 bits per heavy atom. The van der Waals surface area contributed by atoms with E-state index in [-0.39, 0.29) is 12.0 Å². The molecule has 0 aromatic carbocycles. The van der Waals surface area contributed by atoms with Gasteiger partial charge in [0.15, 0.2) is 0 Å². The number of hydrogen-bond donors (Lipinski definition) is 2. The first-order valence-corrected chi connectivity index (χ1v) is 5.70. The molecule has 4 nitrogen and oxygen atoms in total. The normalized spacial score (nSPS) is 17.9. The van der Waals surface area contributed by atoms with E-state index in [1.54, 1.807) is 0 Å². The lowest BCUT2D eigenvalue weighted by atomic mass is 10.2. The predicted molar refractivity (Wildman–Crippen MR) is 59.5 cm³/mol. The predicted octanol–water partition coefficient (Wildman–Crippen LogP) is 0.215. The van der Waals surface area contributed by atoms with E-state index in [1.807, 2.05) is 7.05 Å². The molecule has 88 valence electrons. The van der Waals surface area contributed by atoms with Crippen molar-refractivity contribution < 1.29 is 9.90 Å². The summed E-state index contributed by atoms with van der Waals surface area (Å²) in [6.45, 7) is 3.93. The van der Waals surface area contributed by atoms with Crippen molar-refractivity contribution in [3.63, 3.8) is 0 Å². The highest BCUT2D eigenvalue weighted by Gasteiger charge is 2.29. The Hall–Kier alpha value is -0.610. The van der Waals surface area contributed by atoms with Gasteiger partial charge in [0.25, 0.3) is 0 Å². The fourth-order valence-corrected chi connectivity index (χ4v) is 1.65. The van der Waals surface area contributed by atoms with Crippen molar-refractivity contribution in [1.29, 1.82) is 0 Å². The van der Waals surface area contributed by atoms with Gasteiger partial charge in [0, 0.05) is 20.0 Å². The van der Waals surface area contributed by atoms with Gasteiger partial charge in [-0.3, -0.25) is 4.79 Å². The molecular formula is C11H22N2O2. The minimum absolute atomic E-state index is 0.0238. The Morgan fingerprint density at radius 1 is 1.60 bits per heavy atom. The van der Waals surface area contributed by atoms with Crippen LogP contribution in [0.5, 0.6) is 0 Å². The highest BCUT2D eigenvalue weighted by atomic mass is 16.3. The van der Waals surface area contributed by atoms with Gasteiger partial charge in [-0.25, -0.2) is 0 Å². The van der Waals surface area contributed by atoms with Crippen LogP contribution in [0.15, 0.2) is 0 Å². The van der Waals surface area contributed by atoms with E-state index >= 15 is 0 Å². The van der Waals surface area contributed by atoms with Crippen LogP contribution in [-0.2, 0) is 4.79 Å². The van der Waals surface area contributed by atoms with Gasteiger partial charge in [0.2, 0.25) is 5.91 Å². The minimum atomic E-state index is -0.157. The summed E-state index contributed by atoms with van der Waals surface area (Å²) in [5.74, 6) is 0.568. The van der Waals surface area contributed by atoms with Gasteiger partial charge in [0.05, 0.1) is 6.10 Å². The first kappa shape index (κ1) is 12.5. The number of aliphatic hydroxyl groups is 1. The molecule has 1 aliphatic rings. The fourth-order valence-electron chi connectivity index (χ4n) is 1.65. The first-order chi connectivity index (χ1) is 7.09. The number of hydrogen-bond acceptors (Lipinski definition) is 3. The maximum absolute atomic E-state index is 10.6. The Morgan fingerprint density at radius 3 is 2.80 bits per heavy atom. The van der Waals surface area contributed by atoms with Crippen molar-refractivity contribution in [3.05, 3.63) is 0 Å². The largest absolute Gasteiger partial charge is 0.392 e. The van der Waals surface area contributed by atoms with Crippen LogP contribution in [0.1, 0.15) is 26.2 Å². The summed E-state index contributed by atoms with van der Waals surface area (Å²) in [6, 6.07) is 0. The van der Waals surface area contributed by atoms with Crippen LogP contribution >= 0.6 is 0 Å². The van der Waals surface area contributed by atoms with E-state index in [9.17, 15) is 9.90 Å². The van der Waals surface area contributed by atoms with Crippen LogP contribution in [0.2, 0.25) is 0 Å². The van der Waals surface area contributed by atoms with E-state index in [1.165, 1.54) is 19.8 Å². The molecule has 4 heteroatoms. The smallest absolute Gasteiger partial charge is 0.216 e. The van der Waals surface area contributed by atoms with Crippen molar-refractivity contribution in [1.82, 2.24) is 10.2 Å². The van der Waals surface area contributed by atoms with Gasteiger partial charge in [0.1, 0.15) is 0 Å². The molecule has 1 saturated carbocycles. The molecule has 15 heavy (non-hydrogen) atoms. The number of carbonyl (C=O) groups is 1.